The van der Waals surface area contributed by atoms with Crippen LogP contribution in [0.15, 0.2) is 22.7 Å². The van der Waals surface area contributed by atoms with Crippen LogP contribution in [0.25, 0.3) is 0 Å². The van der Waals surface area contributed by atoms with Gasteiger partial charge in [-0.25, -0.2) is 0 Å². The van der Waals surface area contributed by atoms with Gasteiger partial charge in [-0.1, -0.05) is 34.5 Å². The maximum Gasteiger partial charge on any atom is 0.0410 e. The highest BCUT2D eigenvalue weighted by atomic mass is 79.9. The van der Waals surface area contributed by atoms with Gasteiger partial charge in [0.2, 0.25) is 0 Å². The van der Waals surface area contributed by atoms with Crippen LogP contribution in [0.4, 0.5) is 0 Å². The van der Waals surface area contributed by atoms with Gasteiger partial charge in [-0.2, -0.15) is 11.8 Å². The summed E-state index contributed by atoms with van der Waals surface area (Å²) in [6.45, 7) is 4.16. The molecule has 0 aliphatic heterocycles. The molecule has 0 amide bonds. The molecule has 90 valence electrons. The monoisotopic (exact) mass is 321 g/mol. The second-order valence-electron chi connectivity index (χ2n) is 3.93. The molecule has 1 aromatic carbocycles. The van der Waals surface area contributed by atoms with Crippen LogP contribution in [-0.4, -0.2) is 18.6 Å². The molecule has 0 spiro atoms. The van der Waals surface area contributed by atoms with Gasteiger partial charge >= 0.3 is 0 Å². The Morgan fingerprint density at radius 1 is 1.50 bits per heavy atom. The highest BCUT2D eigenvalue weighted by Gasteiger charge is 2.03. The lowest BCUT2D eigenvalue weighted by molar-refractivity contribution is 0.559. The van der Waals surface area contributed by atoms with Gasteiger partial charge in [0, 0.05) is 16.0 Å². The molecule has 16 heavy (non-hydrogen) atoms. The molecular weight excluding hydrogens is 306 g/mol. The number of hydrogen-bond acceptors (Lipinski definition) is 2. The molecule has 0 bridgehead atoms. The molecule has 0 heterocycles. The average molecular weight is 323 g/mol. The largest absolute Gasteiger partial charge is 0.312 e. The standard InChI is InChI=1S/C12H17BrClNS/c1-9(8-16-2)6-15-7-10-5-11(14)3-4-12(10)13/h3-5,9,15H,6-8H2,1-2H3. The molecule has 1 unspecified atom stereocenters. The lowest BCUT2D eigenvalue weighted by Crippen LogP contribution is -2.22. The first-order valence-electron chi connectivity index (χ1n) is 5.27. The van der Waals surface area contributed by atoms with Gasteiger partial charge < -0.3 is 5.32 Å². The van der Waals surface area contributed by atoms with Crippen molar-refractivity contribution in [1.29, 1.82) is 0 Å². The second-order valence-corrected chi connectivity index (χ2v) is 6.13. The summed E-state index contributed by atoms with van der Waals surface area (Å²) >= 11 is 11.4. The van der Waals surface area contributed by atoms with Gasteiger partial charge in [0.05, 0.1) is 0 Å². The van der Waals surface area contributed by atoms with Crippen molar-refractivity contribution in [3.05, 3.63) is 33.3 Å². The van der Waals surface area contributed by atoms with Gasteiger partial charge in [0.25, 0.3) is 0 Å². The molecule has 0 saturated heterocycles. The molecule has 0 aliphatic rings. The van der Waals surface area contributed by atoms with Crippen LogP contribution in [0.1, 0.15) is 12.5 Å². The highest BCUT2D eigenvalue weighted by molar-refractivity contribution is 9.10. The summed E-state index contributed by atoms with van der Waals surface area (Å²) in [5.74, 6) is 1.90. The number of rotatable bonds is 6. The van der Waals surface area contributed by atoms with Gasteiger partial charge in [-0.3, -0.25) is 0 Å². The Morgan fingerprint density at radius 2 is 2.25 bits per heavy atom. The van der Waals surface area contributed by atoms with Crippen LogP contribution in [0, 0.1) is 5.92 Å². The van der Waals surface area contributed by atoms with E-state index < -0.39 is 0 Å². The van der Waals surface area contributed by atoms with Crippen molar-refractivity contribution in [2.75, 3.05) is 18.6 Å². The predicted octanol–water partition coefficient (Wildman–Crippen LogP) is 4.19. The summed E-state index contributed by atoms with van der Waals surface area (Å²) in [7, 11) is 0. The Hall–Kier alpha value is 0.300. The van der Waals surface area contributed by atoms with Crippen molar-refractivity contribution >= 4 is 39.3 Å². The third-order valence-electron chi connectivity index (χ3n) is 2.27. The molecule has 1 N–H and O–H groups in total. The molecule has 4 heteroatoms. The number of benzene rings is 1. The van der Waals surface area contributed by atoms with E-state index in [9.17, 15) is 0 Å². The first kappa shape index (κ1) is 14.4. The Morgan fingerprint density at radius 3 is 2.94 bits per heavy atom. The third-order valence-corrected chi connectivity index (χ3v) is 4.18. The van der Waals surface area contributed by atoms with Crippen LogP contribution >= 0.6 is 39.3 Å². The Kier molecular flexibility index (Phi) is 6.81. The molecule has 1 rings (SSSR count). The van der Waals surface area contributed by atoms with Crippen LogP contribution in [0.3, 0.4) is 0 Å². The van der Waals surface area contributed by atoms with Crippen molar-refractivity contribution in [2.45, 2.75) is 13.5 Å². The molecular formula is C12H17BrClNS. The van der Waals surface area contributed by atoms with Crippen molar-refractivity contribution in [3.8, 4) is 0 Å². The summed E-state index contributed by atoms with van der Waals surface area (Å²) in [5.41, 5.74) is 1.21. The molecule has 1 aromatic rings. The number of nitrogens with one attached hydrogen (secondary N) is 1. The molecule has 0 aliphatic carbocycles. The quantitative estimate of drug-likeness (QED) is 0.843. The fraction of sp³-hybridized carbons (Fsp3) is 0.500. The van der Waals surface area contributed by atoms with Gasteiger partial charge in [0.1, 0.15) is 0 Å². The molecule has 0 aromatic heterocycles. The Bertz CT molecular complexity index is 333. The minimum absolute atomic E-state index is 0.702. The van der Waals surface area contributed by atoms with Gasteiger partial charge in [0.15, 0.2) is 0 Å². The predicted molar refractivity (Wildman–Crippen MR) is 78.4 cm³/mol. The van der Waals surface area contributed by atoms with Crippen molar-refractivity contribution in [2.24, 2.45) is 5.92 Å². The maximum atomic E-state index is 5.96. The SMILES string of the molecule is CSCC(C)CNCc1cc(Cl)ccc1Br. The summed E-state index contributed by atoms with van der Waals surface area (Å²) in [4.78, 5) is 0. The molecule has 1 nitrogen and oxygen atoms in total. The normalized spacial score (nSPS) is 12.8. The smallest absolute Gasteiger partial charge is 0.0410 e. The zero-order valence-corrected chi connectivity index (χ0v) is 12.8. The first-order valence-corrected chi connectivity index (χ1v) is 7.83. The van der Waals surface area contributed by atoms with Crippen LogP contribution in [-0.2, 0) is 6.54 Å². The Labute approximate surface area is 115 Å². The maximum absolute atomic E-state index is 5.96. The van der Waals surface area contributed by atoms with Crippen LogP contribution < -0.4 is 5.32 Å². The lowest BCUT2D eigenvalue weighted by Gasteiger charge is -2.12. The van der Waals surface area contributed by atoms with Crippen molar-refractivity contribution in [1.82, 2.24) is 5.32 Å². The molecule has 0 fully saturated rings. The Balaban J connectivity index is 2.39. The van der Waals surface area contributed by atoms with Gasteiger partial charge in [-0.15, -0.1) is 0 Å². The fourth-order valence-electron chi connectivity index (χ4n) is 1.48. The third kappa shape index (κ3) is 5.09. The van der Waals surface area contributed by atoms with E-state index in [-0.39, 0.29) is 0 Å². The summed E-state index contributed by atoms with van der Waals surface area (Å²) in [5, 5.41) is 4.24. The zero-order valence-electron chi connectivity index (χ0n) is 9.59. The lowest BCUT2D eigenvalue weighted by atomic mass is 10.2. The van der Waals surface area contributed by atoms with Crippen molar-refractivity contribution in [3.63, 3.8) is 0 Å². The number of thioether (sulfide) groups is 1. The summed E-state index contributed by atoms with van der Waals surface area (Å²) < 4.78 is 1.11. The minimum Gasteiger partial charge on any atom is -0.312 e. The topological polar surface area (TPSA) is 12.0 Å². The number of hydrogen-bond donors (Lipinski definition) is 1. The highest BCUT2D eigenvalue weighted by Crippen LogP contribution is 2.20. The van der Waals surface area contributed by atoms with E-state index in [0.29, 0.717) is 5.92 Å². The fourth-order valence-corrected chi connectivity index (χ4v) is 2.74. The van der Waals surface area contributed by atoms with Crippen LogP contribution in [0.5, 0.6) is 0 Å². The molecule has 1 atom stereocenters. The summed E-state index contributed by atoms with van der Waals surface area (Å²) in [6.07, 6.45) is 2.14. The minimum atomic E-state index is 0.702. The van der Waals surface area contributed by atoms with E-state index in [4.69, 9.17) is 11.6 Å². The van der Waals surface area contributed by atoms with E-state index in [0.717, 1.165) is 22.6 Å². The zero-order chi connectivity index (χ0) is 12.0. The van der Waals surface area contributed by atoms with Crippen LogP contribution in [0.2, 0.25) is 5.02 Å². The second kappa shape index (κ2) is 7.59. The average Bonchev–Trinajstić information content (AvgIpc) is 2.23. The number of halogens is 2. The molecule has 0 saturated carbocycles. The first-order chi connectivity index (χ1) is 7.63. The molecule has 0 radical (unpaired) electrons. The van der Waals surface area contributed by atoms with E-state index in [1.54, 1.807) is 0 Å². The van der Waals surface area contributed by atoms with E-state index in [1.165, 1.54) is 11.3 Å². The van der Waals surface area contributed by atoms with E-state index >= 15 is 0 Å². The van der Waals surface area contributed by atoms with E-state index in [1.807, 2.05) is 30.0 Å². The summed E-state index contributed by atoms with van der Waals surface area (Å²) in [6, 6.07) is 5.88. The van der Waals surface area contributed by atoms with Gasteiger partial charge in [-0.05, 0) is 48.2 Å². The van der Waals surface area contributed by atoms with Crippen molar-refractivity contribution < 1.29 is 0 Å². The van der Waals surface area contributed by atoms with E-state index in [2.05, 4.69) is 34.4 Å².